The minimum atomic E-state index is 0.183. The Morgan fingerprint density at radius 1 is 1.00 bits per heavy atom. The molecule has 0 aliphatic heterocycles. The van der Waals surface area contributed by atoms with Crippen LogP contribution >= 0.6 is 0 Å². The van der Waals surface area contributed by atoms with Crippen LogP contribution in [0.1, 0.15) is 6.42 Å². The number of aliphatic hydroxyl groups is 1. The monoisotopic (exact) mass is 229 g/mol. The molecule has 1 aromatic heterocycles. The van der Waals surface area contributed by atoms with E-state index in [1.807, 2.05) is 42.5 Å². The summed E-state index contributed by atoms with van der Waals surface area (Å²) < 4.78 is 0. The molecule has 4 nitrogen and oxygen atoms in total. The smallest absolute Gasteiger partial charge is 0.148 e. The number of hydrogen-bond acceptors (Lipinski definition) is 4. The molecular weight excluding hydrogens is 214 g/mol. The summed E-state index contributed by atoms with van der Waals surface area (Å²) in [6.07, 6.45) is 0.710. The summed E-state index contributed by atoms with van der Waals surface area (Å²) >= 11 is 0. The molecule has 0 radical (unpaired) electrons. The lowest BCUT2D eigenvalue weighted by Crippen LogP contribution is -2.05. The summed E-state index contributed by atoms with van der Waals surface area (Å²) in [7, 11) is 0. The highest BCUT2D eigenvalue weighted by molar-refractivity contribution is 5.59. The topological polar surface area (TPSA) is 58.0 Å². The fourth-order valence-corrected chi connectivity index (χ4v) is 1.48. The van der Waals surface area contributed by atoms with Gasteiger partial charge in [0.1, 0.15) is 5.82 Å². The number of nitrogens with one attached hydrogen (secondary N) is 1. The van der Waals surface area contributed by atoms with Crippen LogP contribution in [0.5, 0.6) is 0 Å². The van der Waals surface area contributed by atoms with Gasteiger partial charge in [0.2, 0.25) is 0 Å². The molecule has 17 heavy (non-hydrogen) atoms. The molecule has 0 saturated carbocycles. The predicted octanol–water partition coefficient (Wildman–Crippen LogP) is 1.94. The lowest BCUT2D eigenvalue weighted by molar-refractivity contribution is 0.292. The van der Waals surface area contributed by atoms with E-state index in [4.69, 9.17) is 5.11 Å². The second kappa shape index (κ2) is 5.96. The number of aromatic nitrogens is 2. The van der Waals surface area contributed by atoms with E-state index in [0.29, 0.717) is 13.0 Å². The van der Waals surface area contributed by atoms with E-state index < -0.39 is 0 Å². The van der Waals surface area contributed by atoms with Crippen LogP contribution in [0.15, 0.2) is 42.5 Å². The molecule has 1 aromatic carbocycles. The average Bonchev–Trinajstić information content (AvgIpc) is 2.41. The maximum absolute atomic E-state index is 8.66. The van der Waals surface area contributed by atoms with Crippen molar-refractivity contribution >= 4 is 5.82 Å². The number of hydrogen-bond donors (Lipinski definition) is 2. The zero-order chi connectivity index (χ0) is 11.9. The molecule has 4 heteroatoms. The van der Waals surface area contributed by atoms with Gasteiger partial charge >= 0.3 is 0 Å². The van der Waals surface area contributed by atoms with Gasteiger partial charge in [-0.3, -0.25) is 0 Å². The van der Waals surface area contributed by atoms with E-state index in [1.54, 1.807) is 0 Å². The molecule has 0 spiro atoms. The fourth-order valence-electron chi connectivity index (χ4n) is 1.48. The Kier molecular flexibility index (Phi) is 4.05. The van der Waals surface area contributed by atoms with E-state index in [1.165, 1.54) is 0 Å². The van der Waals surface area contributed by atoms with E-state index in [2.05, 4.69) is 15.5 Å². The fraction of sp³-hybridized carbons (Fsp3) is 0.231. The first-order chi connectivity index (χ1) is 8.40. The molecule has 0 aliphatic rings. The van der Waals surface area contributed by atoms with Crippen LogP contribution in [0.4, 0.5) is 5.82 Å². The summed E-state index contributed by atoms with van der Waals surface area (Å²) in [6, 6.07) is 13.8. The van der Waals surface area contributed by atoms with Crippen molar-refractivity contribution in [3.05, 3.63) is 42.5 Å². The molecule has 0 bridgehead atoms. The summed E-state index contributed by atoms with van der Waals surface area (Å²) in [5.41, 5.74) is 1.92. The predicted molar refractivity (Wildman–Crippen MR) is 67.7 cm³/mol. The Morgan fingerprint density at radius 3 is 2.47 bits per heavy atom. The molecule has 0 atom stereocenters. The van der Waals surface area contributed by atoms with Crippen molar-refractivity contribution in [2.75, 3.05) is 18.5 Å². The van der Waals surface area contributed by atoms with Crippen LogP contribution in [0.3, 0.4) is 0 Å². The van der Waals surface area contributed by atoms with Crippen molar-refractivity contribution in [1.29, 1.82) is 0 Å². The molecule has 0 unspecified atom stereocenters. The molecule has 2 rings (SSSR count). The third-order valence-electron chi connectivity index (χ3n) is 2.38. The van der Waals surface area contributed by atoms with Crippen molar-refractivity contribution in [3.8, 4) is 11.3 Å². The van der Waals surface area contributed by atoms with Gasteiger partial charge in [0.25, 0.3) is 0 Å². The van der Waals surface area contributed by atoms with Gasteiger partial charge in [-0.15, -0.1) is 10.2 Å². The van der Waals surface area contributed by atoms with Gasteiger partial charge in [-0.05, 0) is 18.6 Å². The van der Waals surface area contributed by atoms with Crippen LogP contribution in [-0.2, 0) is 0 Å². The zero-order valence-electron chi connectivity index (χ0n) is 9.50. The third-order valence-corrected chi connectivity index (χ3v) is 2.38. The number of aliphatic hydroxyl groups excluding tert-OH is 1. The highest BCUT2D eigenvalue weighted by Gasteiger charge is 1.99. The summed E-state index contributed by atoms with van der Waals surface area (Å²) in [6.45, 7) is 0.887. The Bertz CT molecular complexity index is 442. The Hall–Kier alpha value is -1.94. The normalized spacial score (nSPS) is 10.2. The van der Waals surface area contributed by atoms with Crippen molar-refractivity contribution in [2.24, 2.45) is 0 Å². The van der Waals surface area contributed by atoms with Gasteiger partial charge in [0.05, 0.1) is 5.69 Å². The highest BCUT2D eigenvalue weighted by Crippen LogP contribution is 2.15. The van der Waals surface area contributed by atoms with Crippen molar-refractivity contribution in [3.63, 3.8) is 0 Å². The Morgan fingerprint density at radius 2 is 1.82 bits per heavy atom. The van der Waals surface area contributed by atoms with Gasteiger partial charge in [-0.25, -0.2) is 0 Å². The number of anilines is 1. The van der Waals surface area contributed by atoms with Gasteiger partial charge < -0.3 is 10.4 Å². The van der Waals surface area contributed by atoms with Crippen molar-refractivity contribution < 1.29 is 5.11 Å². The first kappa shape index (κ1) is 11.5. The second-order valence-corrected chi connectivity index (χ2v) is 3.67. The maximum Gasteiger partial charge on any atom is 0.148 e. The summed E-state index contributed by atoms with van der Waals surface area (Å²) in [5.74, 6) is 0.734. The second-order valence-electron chi connectivity index (χ2n) is 3.67. The first-order valence-corrected chi connectivity index (χ1v) is 5.64. The molecule has 2 aromatic rings. The SMILES string of the molecule is OCCCNc1ccc(-c2ccccc2)nn1. The van der Waals surface area contributed by atoms with Crippen LogP contribution in [0, 0.1) is 0 Å². The van der Waals surface area contributed by atoms with Gasteiger partial charge in [-0.1, -0.05) is 30.3 Å². The first-order valence-electron chi connectivity index (χ1n) is 5.64. The minimum absolute atomic E-state index is 0.183. The van der Waals surface area contributed by atoms with Gasteiger partial charge in [0, 0.05) is 18.7 Å². The average molecular weight is 229 g/mol. The third kappa shape index (κ3) is 3.26. The Labute approximate surface area is 100 Å². The number of rotatable bonds is 5. The molecule has 1 heterocycles. The molecule has 2 N–H and O–H groups in total. The minimum Gasteiger partial charge on any atom is -0.396 e. The van der Waals surface area contributed by atoms with Crippen LogP contribution in [0.2, 0.25) is 0 Å². The van der Waals surface area contributed by atoms with Crippen molar-refractivity contribution in [2.45, 2.75) is 6.42 Å². The molecule has 88 valence electrons. The zero-order valence-corrected chi connectivity index (χ0v) is 9.50. The molecule has 0 saturated heterocycles. The van der Waals surface area contributed by atoms with Crippen LogP contribution in [-0.4, -0.2) is 28.5 Å². The molecular formula is C13H15N3O. The van der Waals surface area contributed by atoms with E-state index in [0.717, 1.165) is 17.1 Å². The summed E-state index contributed by atoms with van der Waals surface area (Å²) in [5, 5.41) is 20.0. The van der Waals surface area contributed by atoms with E-state index in [-0.39, 0.29) is 6.61 Å². The van der Waals surface area contributed by atoms with Crippen molar-refractivity contribution in [1.82, 2.24) is 10.2 Å². The van der Waals surface area contributed by atoms with Gasteiger partial charge in [-0.2, -0.15) is 0 Å². The maximum atomic E-state index is 8.66. The number of nitrogens with zero attached hydrogens (tertiary/aromatic N) is 2. The highest BCUT2D eigenvalue weighted by atomic mass is 16.3. The lowest BCUT2D eigenvalue weighted by atomic mass is 10.1. The largest absolute Gasteiger partial charge is 0.396 e. The van der Waals surface area contributed by atoms with E-state index >= 15 is 0 Å². The molecule has 0 aliphatic carbocycles. The van der Waals surface area contributed by atoms with Crippen LogP contribution < -0.4 is 5.32 Å². The van der Waals surface area contributed by atoms with Gasteiger partial charge in [0.15, 0.2) is 0 Å². The molecule has 0 amide bonds. The van der Waals surface area contributed by atoms with E-state index in [9.17, 15) is 0 Å². The standard InChI is InChI=1S/C13H15N3O/c17-10-4-9-14-13-8-7-12(15-16-13)11-5-2-1-3-6-11/h1-3,5-8,17H,4,9-10H2,(H,14,16). The quantitative estimate of drug-likeness (QED) is 0.769. The Balaban J connectivity index is 2.03. The lowest BCUT2D eigenvalue weighted by Gasteiger charge is -2.04. The van der Waals surface area contributed by atoms with Crippen LogP contribution in [0.25, 0.3) is 11.3 Å². The summed E-state index contributed by atoms with van der Waals surface area (Å²) in [4.78, 5) is 0. The number of benzene rings is 1. The molecule has 0 fully saturated rings.